The van der Waals surface area contributed by atoms with E-state index in [4.69, 9.17) is 11.2 Å². The highest BCUT2D eigenvalue weighted by Gasteiger charge is 2.42. The van der Waals surface area contributed by atoms with Crippen LogP contribution in [0.15, 0.2) is 12.1 Å². The third-order valence-electron chi connectivity index (χ3n) is 3.92. The maximum atomic E-state index is 14.3. The molecule has 0 spiro atoms. The van der Waals surface area contributed by atoms with Gasteiger partial charge in [-0.05, 0) is 11.6 Å². The molecular formula is C15H14FN3O3. The zero-order chi connectivity index (χ0) is 15.9. The first-order valence-corrected chi connectivity index (χ1v) is 6.68. The lowest BCUT2D eigenvalue weighted by molar-refractivity contribution is 0.0748. The number of hydrogen-bond acceptors (Lipinski definition) is 3. The molecule has 2 heterocycles. The van der Waals surface area contributed by atoms with Gasteiger partial charge < -0.3 is 20.3 Å². The standard InChI is InChI=1S/C15H14FN3O3/c1-3-15(7-17-14(21)18-15)8-19-6-9-4-5-10(22-2)12(16)11(9)13(19)20/h1,4-5H,6-8H2,2H3,(H2,17,18,21)/t15-/m0/s1. The second kappa shape index (κ2) is 4.91. The van der Waals surface area contributed by atoms with E-state index in [0.29, 0.717) is 5.56 Å². The van der Waals surface area contributed by atoms with Gasteiger partial charge in [0.05, 0.1) is 25.8 Å². The van der Waals surface area contributed by atoms with Crippen molar-refractivity contribution in [2.75, 3.05) is 20.2 Å². The molecular weight excluding hydrogens is 289 g/mol. The minimum absolute atomic E-state index is 0.00352. The second-order valence-corrected chi connectivity index (χ2v) is 5.31. The van der Waals surface area contributed by atoms with Crippen molar-refractivity contribution in [3.8, 4) is 18.1 Å². The molecule has 114 valence electrons. The van der Waals surface area contributed by atoms with Gasteiger partial charge in [-0.25, -0.2) is 9.18 Å². The highest BCUT2D eigenvalue weighted by atomic mass is 19.1. The fourth-order valence-electron chi connectivity index (χ4n) is 2.77. The van der Waals surface area contributed by atoms with Gasteiger partial charge >= 0.3 is 6.03 Å². The molecule has 1 saturated heterocycles. The number of nitrogens with zero attached hydrogens (tertiary/aromatic N) is 1. The molecule has 1 aromatic carbocycles. The lowest BCUT2D eigenvalue weighted by Gasteiger charge is -2.27. The predicted molar refractivity (Wildman–Crippen MR) is 75.8 cm³/mol. The Balaban J connectivity index is 1.87. The Hall–Kier alpha value is -2.75. The van der Waals surface area contributed by atoms with Crippen molar-refractivity contribution >= 4 is 11.9 Å². The van der Waals surface area contributed by atoms with Crippen LogP contribution < -0.4 is 15.4 Å². The molecule has 3 rings (SSSR count). The maximum absolute atomic E-state index is 14.3. The van der Waals surface area contributed by atoms with Crippen molar-refractivity contribution in [1.29, 1.82) is 0 Å². The summed E-state index contributed by atoms with van der Waals surface area (Å²) < 4.78 is 19.2. The van der Waals surface area contributed by atoms with Gasteiger partial charge in [0, 0.05) is 6.54 Å². The number of carbonyl (C=O) groups is 2. The summed E-state index contributed by atoms with van der Waals surface area (Å²) in [4.78, 5) is 25.2. The third kappa shape index (κ3) is 2.04. The molecule has 0 bridgehead atoms. The molecule has 0 unspecified atom stereocenters. The van der Waals surface area contributed by atoms with Crippen LogP contribution in [0.1, 0.15) is 15.9 Å². The largest absolute Gasteiger partial charge is 0.494 e. The number of terminal acetylenes is 1. The molecule has 0 aromatic heterocycles. The van der Waals surface area contributed by atoms with E-state index < -0.39 is 17.3 Å². The SMILES string of the molecule is C#C[C@@]1(CN2Cc3ccc(OC)c(F)c3C2=O)CNC(=O)N1. The number of benzene rings is 1. The van der Waals surface area contributed by atoms with Crippen LogP contribution in [-0.2, 0) is 6.54 Å². The van der Waals surface area contributed by atoms with Gasteiger partial charge in [-0.15, -0.1) is 6.42 Å². The Bertz CT molecular complexity index is 713. The Labute approximate surface area is 126 Å². The Morgan fingerprint density at radius 1 is 1.50 bits per heavy atom. The monoisotopic (exact) mass is 303 g/mol. The molecule has 2 aliphatic heterocycles. The average molecular weight is 303 g/mol. The van der Waals surface area contributed by atoms with E-state index in [-0.39, 0.29) is 37.0 Å². The van der Waals surface area contributed by atoms with Crippen LogP contribution in [0.25, 0.3) is 0 Å². The van der Waals surface area contributed by atoms with Crippen LogP contribution in [0.2, 0.25) is 0 Å². The fourth-order valence-corrected chi connectivity index (χ4v) is 2.77. The van der Waals surface area contributed by atoms with Gasteiger partial charge in [0.1, 0.15) is 5.54 Å². The molecule has 7 heteroatoms. The van der Waals surface area contributed by atoms with Crippen LogP contribution in [0.5, 0.6) is 5.75 Å². The topological polar surface area (TPSA) is 70.7 Å². The van der Waals surface area contributed by atoms with E-state index in [1.54, 1.807) is 6.07 Å². The number of halogens is 1. The number of fused-ring (bicyclic) bond motifs is 1. The summed E-state index contributed by atoms with van der Waals surface area (Å²) in [7, 11) is 1.34. The third-order valence-corrected chi connectivity index (χ3v) is 3.92. The van der Waals surface area contributed by atoms with Crippen LogP contribution in [-0.4, -0.2) is 42.6 Å². The average Bonchev–Trinajstić information content (AvgIpc) is 3.02. The molecule has 0 aliphatic carbocycles. The quantitative estimate of drug-likeness (QED) is 0.798. The minimum Gasteiger partial charge on any atom is -0.494 e. The number of ether oxygens (including phenoxy) is 1. The first-order valence-electron chi connectivity index (χ1n) is 6.68. The lowest BCUT2D eigenvalue weighted by Crippen LogP contribution is -2.51. The highest BCUT2D eigenvalue weighted by molar-refractivity contribution is 5.99. The number of rotatable bonds is 3. The predicted octanol–water partition coefficient (Wildman–Crippen LogP) is 0.475. The van der Waals surface area contributed by atoms with Gasteiger partial charge in [-0.2, -0.15) is 0 Å². The summed E-state index contributed by atoms with van der Waals surface area (Å²) in [6, 6.07) is 2.76. The van der Waals surface area contributed by atoms with E-state index in [2.05, 4.69) is 16.6 Å². The number of amides is 3. The molecule has 0 radical (unpaired) electrons. The van der Waals surface area contributed by atoms with E-state index in [9.17, 15) is 14.0 Å². The van der Waals surface area contributed by atoms with Crippen LogP contribution in [0, 0.1) is 18.2 Å². The molecule has 1 atom stereocenters. The van der Waals surface area contributed by atoms with Crippen molar-refractivity contribution in [3.05, 3.63) is 29.1 Å². The zero-order valence-corrected chi connectivity index (χ0v) is 11.9. The van der Waals surface area contributed by atoms with Crippen LogP contribution >= 0.6 is 0 Å². The number of nitrogens with one attached hydrogen (secondary N) is 2. The summed E-state index contributed by atoms with van der Waals surface area (Å²) in [6.07, 6.45) is 5.50. The van der Waals surface area contributed by atoms with Crippen LogP contribution in [0.4, 0.5) is 9.18 Å². The van der Waals surface area contributed by atoms with Crippen molar-refractivity contribution < 1.29 is 18.7 Å². The number of urea groups is 1. The van der Waals surface area contributed by atoms with Gasteiger partial charge in [0.25, 0.3) is 5.91 Å². The molecule has 0 saturated carbocycles. The van der Waals surface area contributed by atoms with E-state index in [1.807, 2.05) is 0 Å². The summed E-state index contributed by atoms with van der Waals surface area (Å²) in [5.41, 5.74) is -0.397. The first kappa shape index (κ1) is 14.2. The minimum atomic E-state index is -0.977. The lowest BCUT2D eigenvalue weighted by atomic mass is 10.0. The maximum Gasteiger partial charge on any atom is 0.316 e. The molecule has 6 nitrogen and oxygen atoms in total. The Kier molecular flexibility index (Phi) is 3.17. The smallest absolute Gasteiger partial charge is 0.316 e. The molecule has 3 amide bonds. The number of hydrogen-bond donors (Lipinski definition) is 2. The molecule has 2 aliphatic rings. The first-order chi connectivity index (χ1) is 10.5. The highest BCUT2D eigenvalue weighted by Crippen LogP contribution is 2.31. The normalized spacial score (nSPS) is 22.9. The van der Waals surface area contributed by atoms with Crippen molar-refractivity contribution in [2.24, 2.45) is 0 Å². The second-order valence-electron chi connectivity index (χ2n) is 5.31. The molecule has 2 N–H and O–H groups in total. The number of methoxy groups -OCH3 is 1. The van der Waals surface area contributed by atoms with Gasteiger partial charge in [0.2, 0.25) is 0 Å². The van der Waals surface area contributed by atoms with Crippen LogP contribution in [0.3, 0.4) is 0 Å². The Morgan fingerprint density at radius 2 is 2.27 bits per heavy atom. The molecule has 22 heavy (non-hydrogen) atoms. The van der Waals surface area contributed by atoms with Gasteiger partial charge in [-0.3, -0.25) is 4.79 Å². The van der Waals surface area contributed by atoms with E-state index in [1.165, 1.54) is 18.1 Å². The van der Waals surface area contributed by atoms with E-state index in [0.717, 1.165) is 0 Å². The van der Waals surface area contributed by atoms with E-state index >= 15 is 0 Å². The summed E-state index contributed by atoms with van der Waals surface area (Å²) in [5, 5.41) is 5.21. The van der Waals surface area contributed by atoms with Crippen molar-refractivity contribution in [1.82, 2.24) is 15.5 Å². The van der Waals surface area contributed by atoms with Crippen molar-refractivity contribution in [2.45, 2.75) is 12.1 Å². The summed E-state index contributed by atoms with van der Waals surface area (Å²) in [5.74, 6) is 1.41. The van der Waals surface area contributed by atoms with Crippen molar-refractivity contribution in [3.63, 3.8) is 0 Å². The summed E-state index contributed by atoms with van der Waals surface area (Å²) in [6.45, 7) is 0.570. The Morgan fingerprint density at radius 3 is 2.86 bits per heavy atom. The van der Waals surface area contributed by atoms with Gasteiger partial charge in [0.15, 0.2) is 11.6 Å². The fraction of sp³-hybridized carbons (Fsp3) is 0.333. The summed E-state index contributed by atoms with van der Waals surface area (Å²) >= 11 is 0. The van der Waals surface area contributed by atoms with Gasteiger partial charge in [-0.1, -0.05) is 12.0 Å². The molecule has 1 fully saturated rings. The zero-order valence-electron chi connectivity index (χ0n) is 11.9. The molecule has 1 aromatic rings. The number of carbonyl (C=O) groups excluding carboxylic acids is 2.